The first kappa shape index (κ1) is 38.0. The number of amides is 2. The van der Waals surface area contributed by atoms with Gasteiger partial charge in [-0.2, -0.15) is 13.4 Å². The van der Waals surface area contributed by atoms with Gasteiger partial charge < -0.3 is 25.0 Å². The molecule has 2 fully saturated rings. The third-order valence-corrected chi connectivity index (χ3v) is 10.3. The van der Waals surface area contributed by atoms with Crippen molar-refractivity contribution < 1.29 is 50.7 Å². The van der Waals surface area contributed by atoms with Gasteiger partial charge in [-0.25, -0.2) is 28.7 Å². The van der Waals surface area contributed by atoms with Crippen LogP contribution >= 0.6 is 0 Å². The zero-order valence-electron chi connectivity index (χ0n) is 28.9. The number of ether oxygens (including phenoxy) is 2. The number of hydrogen-bond donors (Lipinski definition) is 5. The number of aliphatic hydroxyl groups is 2. The standard InChI is InChI=1S/C32H34F2N10O10S/c1-14(2)27(47)41-32-40-26-21(29(49)42-32)38-13-44(26)31-23(18(33)17(10-45)53-31)54-55(50,51)9-8-16-22(46)19(34)30(52-16)43-12-37-20-24(35-11-36-25(20)43)39-28(48)15-6-4-3-5-7-15/h3-7,11-14,16-19,22-23,30-31,45-46H,8-10H2,1-2H3,(H,35,36,39,48)(H2,40,41,42,47,49)/t16-,17-,18-,19+,22-,23-,30-,31-/m1/s1. The molecule has 2 amide bonds. The highest BCUT2D eigenvalue weighted by molar-refractivity contribution is 7.86. The van der Waals surface area contributed by atoms with Crippen LogP contribution in [0.2, 0.25) is 0 Å². The van der Waals surface area contributed by atoms with Crippen LogP contribution in [0.5, 0.6) is 0 Å². The summed E-state index contributed by atoms with van der Waals surface area (Å²) in [6.07, 6.45) is -11.3. The first-order chi connectivity index (χ1) is 26.3. The van der Waals surface area contributed by atoms with Crippen LogP contribution in [-0.4, -0.2) is 119 Å². The Morgan fingerprint density at radius 2 is 1.65 bits per heavy atom. The number of anilines is 2. The normalized spacial score (nSPS) is 25.6. The average molecular weight is 789 g/mol. The van der Waals surface area contributed by atoms with E-state index < -0.39 is 101 Å². The second-order valence-electron chi connectivity index (χ2n) is 13.1. The highest BCUT2D eigenvalue weighted by atomic mass is 32.2. The predicted octanol–water partition coefficient (Wildman–Crippen LogP) is 0.736. The summed E-state index contributed by atoms with van der Waals surface area (Å²) in [4.78, 5) is 60.6. The number of carbonyl (C=O) groups excluding carboxylic acids is 2. The van der Waals surface area contributed by atoms with Crippen LogP contribution in [0, 0.1) is 5.92 Å². The number of halogens is 2. The van der Waals surface area contributed by atoms with E-state index in [1.165, 1.54) is 10.9 Å². The summed E-state index contributed by atoms with van der Waals surface area (Å²) in [5.41, 5.74) is -0.744. The molecule has 0 radical (unpaired) electrons. The lowest BCUT2D eigenvalue weighted by Gasteiger charge is -2.21. The van der Waals surface area contributed by atoms with Crippen LogP contribution < -0.4 is 16.2 Å². The predicted molar refractivity (Wildman–Crippen MR) is 185 cm³/mol. The number of H-pyrrole nitrogens is 1. The molecule has 1 aromatic carbocycles. The van der Waals surface area contributed by atoms with E-state index in [1.807, 2.05) is 0 Å². The van der Waals surface area contributed by atoms with Crippen molar-refractivity contribution in [1.82, 2.24) is 39.0 Å². The Labute approximate surface area is 309 Å². The quantitative estimate of drug-likeness (QED) is 0.109. The Bertz CT molecular complexity index is 2390. The molecule has 4 aromatic heterocycles. The number of nitrogens with zero attached hydrogens (tertiary/aromatic N) is 7. The van der Waals surface area contributed by atoms with E-state index >= 15 is 8.78 Å². The second-order valence-corrected chi connectivity index (χ2v) is 14.8. The molecule has 23 heteroatoms. The molecule has 20 nitrogen and oxygen atoms in total. The molecule has 7 rings (SSSR count). The number of alkyl halides is 2. The van der Waals surface area contributed by atoms with Crippen molar-refractivity contribution in [2.24, 2.45) is 5.92 Å². The minimum atomic E-state index is -4.70. The Morgan fingerprint density at radius 3 is 2.36 bits per heavy atom. The molecular formula is C32H34F2N10O10S. The van der Waals surface area contributed by atoms with E-state index in [0.717, 1.165) is 17.2 Å². The molecule has 2 aliphatic rings. The average Bonchev–Trinajstić information content (AvgIpc) is 3.92. The van der Waals surface area contributed by atoms with Crippen LogP contribution in [-0.2, 0) is 28.6 Å². The maximum absolute atomic E-state index is 15.6. The van der Waals surface area contributed by atoms with E-state index in [1.54, 1.807) is 44.2 Å². The molecule has 0 unspecified atom stereocenters. The molecule has 5 N–H and O–H groups in total. The minimum Gasteiger partial charge on any atom is -0.394 e. The molecule has 0 spiro atoms. The Kier molecular flexibility index (Phi) is 10.4. The topological polar surface area (TPSA) is 268 Å². The number of rotatable bonds is 12. The van der Waals surface area contributed by atoms with E-state index in [-0.39, 0.29) is 34.1 Å². The molecule has 2 saturated heterocycles. The van der Waals surface area contributed by atoms with Gasteiger partial charge in [0.2, 0.25) is 11.9 Å². The van der Waals surface area contributed by atoms with Gasteiger partial charge in [0.15, 0.2) is 59.0 Å². The van der Waals surface area contributed by atoms with Crippen molar-refractivity contribution in [2.75, 3.05) is 23.0 Å². The van der Waals surface area contributed by atoms with E-state index in [4.69, 9.17) is 13.7 Å². The molecule has 8 atom stereocenters. The molecule has 0 bridgehead atoms. The third-order valence-electron chi connectivity index (χ3n) is 9.02. The molecular weight excluding hydrogens is 754 g/mol. The monoisotopic (exact) mass is 788 g/mol. The summed E-state index contributed by atoms with van der Waals surface area (Å²) in [6.45, 7) is 2.35. The van der Waals surface area contributed by atoms with E-state index in [0.29, 0.717) is 5.56 Å². The van der Waals surface area contributed by atoms with Crippen molar-refractivity contribution in [2.45, 2.75) is 69.5 Å². The molecule has 0 aliphatic carbocycles. The second kappa shape index (κ2) is 15.1. The number of nitrogens with one attached hydrogen (secondary N) is 3. The number of hydrogen-bond acceptors (Lipinski definition) is 15. The number of benzene rings is 1. The lowest BCUT2D eigenvalue weighted by molar-refractivity contribution is -0.118. The lowest BCUT2D eigenvalue weighted by atomic mass is 10.1. The number of aromatic amines is 1. The van der Waals surface area contributed by atoms with Crippen LogP contribution in [0.25, 0.3) is 22.3 Å². The Morgan fingerprint density at radius 1 is 0.964 bits per heavy atom. The first-order valence-corrected chi connectivity index (χ1v) is 18.4. The maximum Gasteiger partial charge on any atom is 0.280 e. The third kappa shape index (κ3) is 7.40. The number of fused-ring (bicyclic) bond motifs is 2. The van der Waals surface area contributed by atoms with Gasteiger partial charge in [-0.1, -0.05) is 32.0 Å². The smallest absolute Gasteiger partial charge is 0.280 e. The summed E-state index contributed by atoms with van der Waals surface area (Å²) >= 11 is 0. The molecule has 55 heavy (non-hydrogen) atoms. The van der Waals surface area contributed by atoms with Crippen LogP contribution in [0.4, 0.5) is 20.5 Å². The van der Waals surface area contributed by atoms with Gasteiger partial charge in [-0.05, 0) is 18.6 Å². The van der Waals surface area contributed by atoms with Crippen LogP contribution in [0.1, 0.15) is 43.1 Å². The van der Waals surface area contributed by atoms with Crippen molar-refractivity contribution in [3.05, 3.63) is 65.2 Å². The number of imidazole rings is 2. The van der Waals surface area contributed by atoms with Gasteiger partial charge >= 0.3 is 0 Å². The van der Waals surface area contributed by atoms with Crippen molar-refractivity contribution >= 4 is 56.0 Å². The summed E-state index contributed by atoms with van der Waals surface area (Å²) in [7, 11) is -4.70. The Hall–Kier alpha value is -5.33. The molecule has 292 valence electrons. The highest BCUT2D eigenvalue weighted by Crippen LogP contribution is 2.38. The van der Waals surface area contributed by atoms with Gasteiger partial charge in [0.05, 0.1) is 31.1 Å². The van der Waals surface area contributed by atoms with Gasteiger partial charge in [0.25, 0.3) is 21.6 Å². The molecule has 5 aromatic rings. The highest BCUT2D eigenvalue weighted by Gasteiger charge is 2.50. The molecule has 6 heterocycles. The number of aromatic nitrogens is 8. The maximum atomic E-state index is 15.6. The van der Waals surface area contributed by atoms with Crippen LogP contribution in [0.3, 0.4) is 0 Å². The van der Waals surface area contributed by atoms with Crippen molar-refractivity contribution in [3.8, 4) is 0 Å². The van der Waals surface area contributed by atoms with E-state index in [9.17, 15) is 33.0 Å². The van der Waals surface area contributed by atoms with Gasteiger partial charge in [0, 0.05) is 11.5 Å². The SMILES string of the molecule is CC(C)C(=O)Nc1nc2c(ncn2[C@@H]2O[C@H](CO)[C@@H](F)[C@H]2OS(=O)(=O)CC[C@H]2O[C@@H](n3cnc4c(NC(=O)c5ccccc5)ncnc43)[C@@H](F)[C@@H]2O)c(=O)[nH]1. The zero-order chi connectivity index (χ0) is 39.2. The number of aliphatic hydroxyl groups excluding tert-OH is 2. The largest absolute Gasteiger partial charge is 0.394 e. The van der Waals surface area contributed by atoms with Gasteiger partial charge in [-0.3, -0.25) is 38.0 Å². The van der Waals surface area contributed by atoms with Gasteiger partial charge in [-0.15, -0.1) is 0 Å². The van der Waals surface area contributed by atoms with Crippen molar-refractivity contribution in [3.63, 3.8) is 0 Å². The molecule has 2 aliphatic heterocycles. The number of carbonyl (C=O) groups is 2. The zero-order valence-corrected chi connectivity index (χ0v) is 29.7. The molecule has 0 saturated carbocycles. The first-order valence-electron chi connectivity index (χ1n) is 16.9. The summed E-state index contributed by atoms with van der Waals surface area (Å²) in [6, 6.07) is 8.29. The lowest BCUT2D eigenvalue weighted by Crippen LogP contribution is -2.36. The minimum absolute atomic E-state index is 0.0276. The summed E-state index contributed by atoms with van der Waals surface area (Å²) < 4.78 is 76.6. The fraction of sp³-hybridized carbons (Fsp3) is 0.438. The Balaban J connectivity index is 1.06. The van der Waals surface area contributed by atoms with Crippen molar-refractivity contribution in [1.29, 1.82) is 0 Å². The van der Waals surface area contributed by atoms with Crippen LogP contribution in [0.15, 0.2) is 54.1 Å². The summed E-state index contributed by atoms with van der Waals surface area (Å²) in [5.74, 6) is -2.55. The van der Waals surface area contributed by atoms with Gasteiger partial charge in [0.1, 0.15) is 18.5 Å². The fourth-order valence-corrected chi connectivity index (χ4v) is 7.30. The van der Waals surface area contributed by atoms with E-state index in [2.05, 4.69) is 40.5 Å². The fourth-order valence-electron chi connectivity index (χ4n) is 6.14. The summed E-state index contributed by atoms with van der Waals surface area (Å²) in [5, 5.41) is 25.6.